The number of ether oxygens (including phenoxy) is 1. The van der Waals surface area contributed by atoms with E-state index >= 15 is 0 Å². The van der Waals surface area contributed by atoms with E-state index in [9.17, 15) is 0 Å². The van der Waals surface area contributed by atoms with Crippen LogP contribution in [0.25, 0.3) is 0 Å². The first-order valence-electron chi connectivity index (χ1n) is 5.39. The van der Waals surface area contributed by atoms with E-state index in [0.717, 1.165) is 17.7 Å². The van der Waals surface area contributed by atoms with Gasteiger partial charge in [0.1, 0.15) is 5.75 Å². The molecule has 0 bridgehead atoms. The molecule has 0 amide bonds. The monoisotopic (exact) mass is 242 g/mol. The maximum Gasteiger partial charge on any atom is 0.120 e. The zero-order chi connectivity index (χ0) is 12.1. The number of halogens is 1. The smallest absolute Gasteiger partial charge is 0.120 e. The second-order valence-electron chi connectivity index (χ2n) is 3.97. The molecule has 4 heteroatoms. The third-order valence-electron chi connectivity index (χ3n) is 2.80. The Hall–Kier alpha value is -0.770. The van der Waals surface area contributed by atoms with Crippen molar-refractivity contribution in [1.29, 1.82) is 0 Å². The van der Waals surface area contributed by atoms with Gasteiger partial charge in [0.2, 0.25) is 0 Å². The maximum absolute atomic E-state index is 6.16. The van der Waals surface area contributed by atoms with Crippen LogP contribution in [0.4, 0.5) is 0 Å². The molecular formula is C12H19ClN2O. The summed E-state index contributed by atoms with van der Waals surface area (Å²) in [5, 5.41) is 0.649. The van der Waals surface area contributed by atoms with Crippen molar-refractivity contribution in [3.05, 3.63) is 28.8 Å². The van der Waals surface area contributed by atoms with Crippen molar-refractivity contribution in [2.45, 2.75) is 19.4 Å². The highest BCUT2D eigenvalue weighted by atomic mass is 35.5. The molecule has 3 nitrogen and oxygen atoms in total. The van der Waals surface area contributed by atoms with E-state index in [-0.39, 0.29) is 6.04 Å². The van der Waals surface area contributed by atoms with Crippen molar-refractivity contribution in [1.82, 2.24) is 0 Å². The van der Waals surface area contributed by atoms with Gasteiger partial charge in [-0.05, 0) is 36.6 Å². The molecule has 0 aliphatic carbocycles. The zero-order valence-corrected chi connectivity index (χ0v) is 10.5. The Bertz CT molecular complexity index is 344. The Morgan fingerprint density at radius 1 is 1.44 bits per heavy atom. The highest BCUT2D eigenvalue weighted by Gasteiger charge is 2.17. The predicted octanol–water partition coefficient (Wildman–Crippen LogP) is 2.33. The molecule has 0 saturated heterocycles. The molecule has 16 heavy (non-hydrogen) atoms. The Labute approximate surface area is 102 Å². The molecule has 0 fully saturated rings. The Kier molecular flexibility index (Phi) is 5.06. The maximum atomic E-state index is 6.16. The zero-order valence-electron chi connectivity index (χ0n) is 9.74. The van der Waals surface area contributed by atoms with Gasteiger partial charge in [-0.2, -0.15) is 0 Å². The third-order valence-corrected chi connectivity index (χ3v) is 3.13. The lowest BCUT2D eigenvalue weighted by molar-refractivity contribution is 0.413. The van der Waals surface area contributed by atoms with Crippen LogP contribution in [0.3, 0.4) is 0 Å². The molecule has 0 aliphatic rings. The van der Waals surface area contributed by atoms with Crippen LogP contribution in [0.2, 0.25) is 5.02 Å². The van der Waals surface area contributed by atoms with Gasteiger partial charge in [0, 0.05) is 11.1 Å². The van der Waals surface area contributed by atoms with Crippen LogP contribution < -0.4 is 16.2 Å². The fraction of sp³-hybridized carbons (Fsp3) is 0.500. The summed E-state index contributed by atoms with van der Waals surface area (Å²) in [6, 6.07) is 5.49. The predicted molar refractivity (Wildman–Crippen MR) is 67.8 cm³/mol. The molecule has 0 aromatic heterocycles. The first-order valence-corrected chi connectivity index (χ1v) is 5.77. The van der Waals surface area contributed by atoms with E-state index in [1.165, 1.54) is 0 Å². The molecule has 1 aromatic rings. The second kappa shape index (κ2) is 6.09. The number of hydrogen-bond donors (Lipinski definition) is 2. The minimum absolute atomic E-state index is 0.0815. The first-order chi connectivity index (χ1) is 7.60. The van der Waals surface area contributed by atoms with Gasteiger partial charge in [0.05, 0.1) is 7.11 Å². The van der Waals surface area contributed by atoms with Gasteiger partial charge in [-0.3, -0.25) is 0 Å². The minimum Gasteiger partial charge on any atom is -0.497 e. The summed E-state index contributed by atoms with van der Waals surface area (Å²) in [4.78, 5) is 0. The number of methoxy groups -OCH3 is 1. The third kappa shape index (κ3) is 3.11. The minimum atomic E-state index is -0.0815. The average Bonchev–Trinajstić information content (AvgIpc) is 2.28. The average molecular weight is 243 g/mol. The molecule has 0 spiro atoms. The molecule has 0 heterocycles. The van der Waals surface area contributed by atoms with Gasteiger partial charge in [-0.15, -0.1) is 0 Å². The Morgan fingerprint density at radius 2 is 2.12 bits per heavy atom. The number of benzene rings is 1. The van der Waals surface area contributed by atoms with Gasteiger partial charge in [0.25, 0.3) is 0 Å². The SMILES string of the molecule is COc1ccc(C(N)C(C)CCN)c(Cl)c1. The Morgan fingerprint density at radius 3 is 2.62 bits per heavy atom. The van der Waals surface area contributed by atoms with E-state index in [1.54, 1.807) is 13.2 Å². The summed E-state index contributed by atoms with van der Waals surface area (Å²) >= 11 is 6.16. The van der Waals surface area contributed by atoms with Crippen molar-refractivity contribution in [3.8, 4) is 5.75 Å². The molecule has 4 N–H and O–H groups in total. The highest BCUT2D eigenvalue weighted by Crippen LogP contribution is 2.30. The lowest BCUT2D eigenvalue weighted by Gasteiger charge is -2.21. The van der Waals surface area contributed by atoms with E-state index in [2.05, 4.69) is 6.92 Å². The number of rotatable bonds is 5. The fourth-order valence-electron chi connectivity index (χ4n) is 1.65. The Balaban J connectivity index is 2.87. The van der Waals surface area contributed by atoms with E-state index in [4.69, 9.17) is 27.8 Å². The fourth-order valence-corrected chi connectivity index (χ4v) is 1.95. The van der Waals surface area contributed by atoms with Crippen LogP contribution in [0.15, 0.2) is 18.2 Å². The quantitative estimate of drug-likeness (QED) is 0.833. The second-order valence-corrected chi connectivity index (χ2v) is 4.38. The first kappa shape index (κ1) is 13.3. The molecule has 0 saturated carbocycles. The van der Waals surface area contributed by atoms with Gasteiger partial charge in [-0.1, -0.05) is 24.6 Å². The van der Waals surface area contributed by atoms with Crippen LogP contribution in [0.1, 0.15) is 24.9 Å². The van der Waals surface area contributed by atoms with E-state index in [1.807, 2.05) is 12.1 Å². The summed E-state index contributed by atoms with van der Waals surface area (Å²) in [5.41, 5.74) is 12.6. The van der Waals surface area contributed by atoms with E-state index in [0.29, 0.717) is 17.5 Å². The standard InChI is InChI=1S/C12H19ClN2O/c1-8(5-6-14)12(15)10-4-3-9(16-2)7-11(10)13/h3-4,7-8,12H,5-6,14-15H2,1-2H3. The van der Waals surface area contributed by atoms with Crippen molar-refractivity contribution >= 4 is 11.6 Å². The van der Waals surface area contributed by atoms with E-state index < -0.39 is 0 Å². The molecule has 2 unspecified atom stereocenters. The number of nitrogens with two attached hydrogens (primary N) is 2. The summed E-state index contributed by atoms with van der Waals surface area (Å²) in [6.45, 7) is 2.72. The van der Waals surface area contributed by atoms with Crippen LogP contribution in [-0.4, -0.2) is 13.7 Å². The van der Waals surface area contributed by atoms with Gasteiger partial charge in [-0.25, -0.2) is 0 Å². The lowest BCUT2D eigenvalue weighted by atomic mass is 9.92. The van der Waals surface area contributed by atoms with Crippen LogP contribution >= 0.6 is 11.6 Å². The van der Waals surface area contributed by atoms with Crippen molar-refractivity contribution in [2.24, 2.45) is 17.4 Å². The van der Waals surface area contributed by atoms with Crippen LogP contribution in [0.5, 0.6) is 5.75 Å². The molecule has 0 aliphatic heterocycles. The summed E-state index contributed by atoms with van der Waals surface area (Å²) in [6.07, 6.45) is 0.892. The molecule has 1 rings (SSSR count). The summed E-state index contributed by atoms with van der Waals surface area (Å²) in [7, 11) is 1.61. The van der Waals surface area contributed by atoms with Gasteiger partial charge >= 0.3 is 0 Å². The van der Waals surface area contributed by atoms with Crippen LogP contribution in [-0.2, 0) is 0 Å². The number of hydrogen-bond acceptors (Lipinski definition) is 3. The summed E-state index contributed by atoms with van der Waals surface area (Å²) in [5.74, 6) is 1.06. The van der Waals surface area contributed by atoms with Crippen molar-refractivity contribution in [2.75, 3.05) is 13.7 Å². The van der Waals surface area contributed by atoms with Crippen LogP contribution in [0, 0.1) is 5.92 Å². The van der Waals surface area contributed by atoms with Crippen molar-refractivity contribution in [3.63, 3.8) is 0 Å². The van der Waals surface area contributed by atoms with Gasteiger partial charge < -0.3 is 16.2 Å². The molecule has 90 valence electrons. The molecular weight excluding hydrogens is 224 g/mol. The normalized spacial score (nSPS) is 14.6. The molecule has 0 radical (unpaired) electrons. The lowest BCUT2D eigenvalue weighted by Crippen LogP contribution is -2.21. The molecule has 2 atom stereocenters. The highest BCUT2D eigenvalue weighted by molar-refractivity contribution is 6.31. The summed E-state index contributed by atoms with van der Waals surface area (Å²) < 4.78 is 5.09. The van der Waals surface area contributed by atoms with Gasteiger partial charge in [0.15, 0.2) is 0 Å². The molecule has 1 aromatic carbocycles. The largest absolute Gasteiger partial charge is 0.497 e. The van der Waals surface area contributed by atoms with Crippen molar-refractivity contribution < 1.29 is 4.74 Å². The topological polar surface area (TPSA) is 61.3 Å².